The first-order valence-corrected chi connectivity index (χ1v) is 7.69. The van der Waals surface area contributed by atoms with Gasteiger partial charge in [0.05, 0.1) is 17.3 Å². The molecule has 0 aliphatic heterocycles. The van der Waals surface area contributed by atoms with Gasteiger partial charge in [-0.25, -0.2) is 0 Å². The molecule has 6 heteroatoms. The molecule has 0 spiro atoms. The van der Waals surface area contributed by atoms with Crippen molar-refractivity contribution in [2.45, 2.75) is 6.42 Å². The maximum atomic E-state index is 12.3. The molecule has 0 unspecified atom stereocenters. The van der Waals surface area contributed by atoms with Crippen LogP contribution < -0.4 is 5.32 Å². The molecule has 2 aromatic rings. The number of amides is 1. The number of aliphatic hydroxyl groups is 1. The van der Waals surface area contributed by atoms with Gasteiger partial charge in [-0.1, -0.05) is 35.0 Å². The third-order valence-corrected chi connectivity index (χ3v) is 3.99. The fraction of sp³-hybridized carbons (Fsp3) is 0.133. The number of hydrogen-bond donors (Lipinski definition) is 2. The molecule has 0 saturated carbocycles. The summed E-state index contributed by atoms with van der Waals surface area (Å²) in [6.45, 7) is -0.00319. The highest BCUT2D eigenvalue weighted by Gasteiger charge is 2.13. The Balaban J connectivity index is 2.20. The van der Waals surface area contributed by atoms with E-state index in [-0.39, 0.29) is 12.5 Å². The van der Waals surface area contributed by atoms with Crippen LogP contribution in [-0.4, -0.2) is 17.6 Å². The minimum atomic E-state index is -0.289. The van der Waals surface area contributed by atoms with Crippen molar-refractivity contribution in [1.82, 2.24) is 0 Å². The molecule has 1 amide bonds. The summed E-state index contributed by atoms with van der Waals surface area (Å²) in [5, 5.41) is 14.1. The van der Waals surface area contributed by atoms with Gasteiger partial charge >= 0.3 is 0 Å². The summed E-state index contributed by atoms with van der Waals surface area (Å²) in [6.07, 6.45) is 0.372. The van der Waals surface area contributed by atoms with Crippen LogP contribution in [0.5, 0.6) is 0 Å². The average molecular weight is 340 g/mol. The second kappa shape index (κ2) is 7.48. The summed E-state index contributed by atoms with van der Waals surface area (Å²) in [4.78, 5) is 12.8. The molecule has 1 aromatic heterocycles. The van der Waals surface area contributed by atoms with Crippen molar-refractivity contribution < 1.29 is 9.90 Å². The second-order valence-electron chi connectivity index (χ2n) is 4.02. The SMILES string of the molecule is O=C(Nc1cc(Cl)ccc1Cl)c1sccc1C#CCCO. The summed E-state index contributed by atoms with van der Waals surface area (Å²) in [5.41, 5.74) is 1.08. The number of thiophene rings is 1. The zero-order valence-electron chi connectivity index (χ0n) is 10.8. The predicted molar refractivity (Wildman–Crippen MR) is 87.3 cm³/mol. The van der Waals surface area contributed by atoms with Crippen molar-refractivity contribution >= 4 is 46.1 Å². The molecule has 2 N–H and O–H groups in total. The molecule has 0 radical (unpaired) electrons. The van der Waals surface area contributed by atoms with Gasteiger partial charge in [-0.2, -0.15) is 0 Å². The molecule has 1 aromatic carbocycles. The average Bonchev–Trinajstić information content (AvgIpc) is 2.92. The first kappa shape index (κ1) is 15.9. The van der Waals surface area contributed by atoms with Gasteiger partial charge in [0.1, 0.15) is 4.88 Å². The lowest BCUT2D eigenvalue weighted by molar-refractivity contribution is 0.103. The Morgan fingerprint density at radius 2 is 2.14 bits per heavy atom. The summed E-state index contributed by atoms with van der Waals surface area (Å²) < 4.78 is 0. The lowest BCUT2D eigenvalue weighted by Crippen LogP contribution is -2.11. The summed E-state index contributed by atoms with van der Waals surface area (Å²) in [5.74, 6) is 5.37. The summed E-state index contributed by atoms with van der Waals surface area (Å²) >= 11 is 13.2. The van der Waals surface area contributed by atoms with Crippen molar-refractivity contribution in [3.8, 4) is 11.8 Å². The molecular weight excluding hydrogens is 329 g/mol. The van der Waals surface area contributed by atoms with Gasteiger partial charge in [0.25, 0.3) is 5.91 Å². The van der Waals surface area contributed by atoms with Crippen molar-refractivity contribution in [3.05, 3.63) is 50.1 Å². The predicted octanol–water partition coefficient (Wildman–Crippen LogP) is 4.04. The number of aliphatic hydroxyl groups excluding tert-OH is 1. The monoisotopic (exact) mass is 339 g/mol. The number of rotatable bonds is 3. The van der Waals surface area contributed by atoms with E-state index in [9.17, 15) is 4.79 Å². The normalized spacial score (nSPS) is 9.86. The fourth-order valence-electron chi connectivity index (χ4n) is 1.57. The first-order chi connectivity index (χ1) is 10.1. The molecule has 0 bridgehead atoms. The number of carbonyl (C=O) groups excluding carboxylic acids is 1. The quantitative estimate of drug-likeness (QED) is 0.829. The maximum absolute atomic E-state index is 12.3. The molecule has 108 valence electrons. The molecule has 2 rings (SSSR count). The highest BCUT2D eigenvalue weighted by atomic mass is 35.5. The molecule has 0 aliphatic rings. The highest BCUT2D eigenvalue weighted by molar-refractivity contribution is 7.12. The number of halogens is 2. The van der Waals surface area contributed by atoms with Crippen LogP contribution in [0.4, 0.5) is 5.69 Å². The van der Waals surface area contributed by atoms with Crippen LogP contribution in [0.25, 0.3) is 0 Å². The van der Waals surface area contributed by atoms with Gasteiger partial charge in [-0.15, -0.1) is 11.3 Å². The number of carbonyl (C=O) groups is 1. The molecule has 3 nitrogen and oxygen atoms in total. The van der Waals surface area contributed by atoms with Crippen LogP contribution in [0, 0.1) is 11.8 Å². The standard InChI is InChI=1S/C15H11Cl2NO2S/c16-11-4-5-12(17)13(9-11)18-15(20)14-10(6-8-21-14)3-1-2-7-19/h4-6,8-9,19H,2,7H2,(H,18,20). The van der Waals surface area contributed by atoms with E-state index < -0.39 is 0 Å². The molecule has 1 heterocycles. The van der Waals surface area contributed by atoms with Crippen LogP contribution in [0.1, 0.15) is 21.7 Å². The number of hydrogen-bond acceptors (Lipinski definition) is 3. The van der Waals surface area contributed by atoms with Gasteiger partial charge in [0, 0.05) is 17.0 Å². The molecule has 21 heavy (non-hydrogen) atoms. The lowest BCUT2D eigenvalue weighted by atomic mass is 10.2. The topological polar surface area (TPSA) is 49.3 Å². The zero-order valence-corrected chi connectivity index (χ0v) is 13.1. The minimum absolute atomic E-state index is 0.00319. The van der Waals surface area contributed by atoms with E-state index in [1.54, 1.807) is 29.6 Å². The Morgan fingerprint density at radius 1 is 1.33 bits per heavy atom. The lowest BCUT2D eigenvalue weighted by Gasteiger charge is -2.06. The Bertz CT molecular complexity index is 716. The van der Waals surface area contributed by atoms with Crippen molar-refractivity contribution in [2.24, 2.45) is 0 Å². The highest BCUT2D eigenvalue weighted by Crippen LogP contribution is 2.27. The molecule has 0 fully saturated rings. The maximum Gasteiger partial charge on any atom is 0.267 e. The van der Waals surface area contributed by atoms with Gasteiger partial charge in [-0.3, -0.25) is 4.79 Å². The van der Waals surface area contributed by atoms with Gasteiger partial charge < -0.3 is 10.4 Å². The van der Waals surface area contributed by atoms with Crippen LogP contribution in [0.3, 0.4) is 0 Å². The largest absolute Gasteiger partial charge is 0.395 e. The smallest absolute Gasteiger partial charge is 0.267 e. The van der Waals surface area contributed by atoms with E-state index in [4.69, 9.17) is 28.3 Å². The van der Waals surface area contributed by atoms with E-state index in [0.717, 1.165) is 0 Å². The van der Waals surface area contributed by atoms with Crippen molar-refractivity contribution in [1.29, 1.82) is 0 Å². The van der Waals surface area contributed by atoms with E-state index in [2.05, 4.69) is 17.2 Å². The zero-order chi connectivity index (χ0) is 15.2. The number of benzene rings is 1. The Hall–Kier alpha value is -1.51. The molecular formula is C15H11Cl2NO2S. The second-order valence-corrected chi connectivity index (χ2v) is 5.78. The van der Waals surface area contributed by atoms with E-state index in [1.165, 1.54) is 11.3 Å². The Morgan fingerprint density at radius 3 is 2.90 bits per heavy atom. The third-order valence-electron chi connectivity index (χ3n) is 2.51. The molecule has 0 aliphatic carbocycles. The van der Waals surface area contributed by atoms with Crippen molar-refractivity contribution in [3.63, 3.8) is 0 Å². The fourth-order valence-corrected chi connectivity index (χ4v) is 2.65. The Kier molecular flexibility index (Phi) is 5.66. The van der Waals surface area contributed by atoms with Crippen molar-refractivity contribution in [2.75, 3.05) is 11.9 Å². The van der Waals surface area contributed by atoms with Crippen LogP contribution in [0.2, 0.25) is 10.0 Å². The first-order valence-electron chi connectivity index (χ1n) is 6.05. The van der Waals surface area contributed by atoms with Gasteiger partial charge in [-0.05, 0) is 29.6 Å². The molecule has 0 saturated heterocycles. The summed E-state index contributed by atoms with van der Waals surface area (Å²) in [6, 6.07) is 6.63. The third kappa shape index (κ3) is 4.23. The number of anilines is 1. The van der Waals surface area contributed by atoms with Crippen LogP contribution >= 0.6 is 34.5 Å². The minimum Gasteiger partial charge on any atom is -0.395 e. The van der Waals surface area contributed by atoms with Gasteiger partial charge in [0.2, 0.25) is 0 Å². The van der Waals surface area contributed by atoms with E-state index >= 15 is 0 Å². The number of nitrogens with one attached hydrogen (secondary N) is 1. The van der Waals surface area contributed by atoms with E-state index in [1.807, 2.05) is 0 Å². The Labute approximate surface area is 136 Å². The summed E-state index contributed by atoms with van der Waals surface area (Å²) in [7, 11) is 0. The van der Waals surface area contributed by atoms with Gasteiger partial charge in [0.15, 0.2) is 0 Å². The van der Waals surface area contributed by atoms with Crippen LogP contribution in [-0.2, 0) is 0 Å². The van der Waals surface area contributed by atoms with Crippen LogP contribution in [0.15, 0.2) is 29.6 Å². The molecule has 0 atom stereocenters. The van der Waals surface area contributed by atoms with E-state index in [0.29, 0.717) is 32.6 Å².